The molecule has 2 aliphatic heterocycles. The summed E-state index contributed by atoms with van der Waals surface area (Å²) in [7, 11) is 1.64. The van der Waals surface area contributed by atoms with E-state index in [2.05, 4.69) is 24.5 Å². The van der Waals surface area contributed by atoms with Crippen molar-refractivity contribution < 1.29 is 9.53 Å². The fourth-order valence-electron chi connectivity index (χ4n) is 2.48. The lowest BCUT2D eigenvalue weighted by Crippen LogP contribution is -2.40. The van der Waals surface area contributed by atoms with Gasteiger partial charge in [0.1, 0.15) is 5.75 Å². The van der Waals surface area contributed by atoms with E-state index in [9.17, 15) is 4.79 Å². The Bertz CT molecular complexity index is 530. The van der Waals surface area contributed by atoms with Gasteiger partial charge in [-0.15, -0.1) is 11.8 Å². The first-order chi connectivity index (χ1) is 8.47. The molecule has 0 bridgehead atoms. The molecule has 1 spiro atoms. The van der Waals surface area contributed by atoms with E-state index in [1.165, 1.54) is 0 Å². The second-order valence-corrected chi connectivity index (χ2v) is 7.18. The molecule has 2 heterocycles. The Hall–Kier alpha value is -1.20. The number of rotatable bonds is 1. The van der Waals surface area contributed by atoms with Crippen LogP contribution in [0.15, 0.2) is 18.2 Å². The van der Waals surface area contributed by atoms with Crippen molar-refractivity contribution in [3.8, 4) is 5.75 Å². The highest BCUT2D eigenvalue weighted by Crippen LogP contribution is 2.53. The van der Waals surface area contributed by atoms with E-state index in [0.29, 0.717) is 0 Å². The highest BCUT2D eigenvalue weighted by molar-refractivity contribution is 8.02. The molecule has 1 saturated heterocycles. The second kappa shape index (κ2) is 3.65. The maximum Gasteiger partial charge on any atom is 0.259 e. The number of fused-ring (bicyclic) bond motifs is 2. The van der Waals surface area contributed by atoms with Crippen LogP contribution >= 0.6 is 11.8 Å². The highest BCUT2D eigenvalue weighted by Gasteiger charge is 2.55. The van der Waals surface area contributed by atoms with Gasteiger partial charge in [-0.3, -0.25) is 10.1 Å². The minimum absolute atomic E-state index is 0.0151. The van der Waals surface area contributed by atoms with E-state index >= 15 is 0 Å². The zero-order valence-electron chi connectivity index (χ0n) is 10.7. The molecule has 1 fully saturated rings. The number of thioether (sulfide) groups is 1. The number of hydrogen-bond acceptors (Lipinski definition) is 4. The molecule has 1 atom stereocenters. The Morgan fingerprint density at radius 3 is 2.78 bits per heavy atom. The summed E-state index contributed by atoms with van der Waals surface area (Å²) in [5, 5.41) is 6.32. The third-order valence-electron chi connectivity index (χ3n) is 3.37. The molecule has 2 aliphatic rings. The first-order valence-electron chi connectivity index (χ1n) is 5.92. The zero-order valence-corrected chi connectivity index (χ0v) is 11.5. The monoisotopic (exact) mass is 264 g/mol. The predicted octanol–water partition coefficient (Wildman–Crippen LogP) is 1.92. The van der Waals surface area contributed by atoms with Crippen LogP contribution < -0.4 is 15.4 Å². The molecule has 3 rings (SSSR count). The smallest absolute Gasteiger partial charge is 0.259 e. The molecule has 18 heavy (non-hydrogen) atoms. The summed E-state index contributed by atoms with van der Waals surface area (Å²) < 4.78 is 5.30. The molecule has 1 aromatic rings. The van der Waals surface area contributed by atoms with Gasteiger partial charge in [-0.1, -0.05) is 0 Å². The van der Waals surface area contributed by atoms with Crippen molar-refractivity contribution in [1.82, 2.24) is 5.32 Å². The Kier molecular flexibility index (Phi) is 2.40. The number of amides is 1. The number of ether oxygens (including phenoxy) is 1. The SMILES string of the molecule is COc1ccc2c(c1)C1(NCC(C)(C)S1)C(=O)N2. The van der Waals surface area contributed by atoms with E-state index in [1.54, 1.807) is 18.9 Å². The maximum absolute atomic E-state index is 12.3. The van der Waals surface area contributed by atoms with Gasteiger partial charge < -0.3 is 10.1 Å². The first kappa shape index (κ1) is 11.9. The topological polar surface area (TPSA) is 50.4 Å². The second-order valence-electron chi connectivity index (χ2n) is 5.26. The van der Waals surface area contributed by atoms with Crippen molar-refractivity contribution in [3.05, 3.63) is 23.8 Å². The Morgan fingerprint density at radius 1 is 1.39 bits per heavy atom. The van der Waals surface area contributed by atoms with Crippen LogP contribution in [0.3, 0.4) is 0 Å². The lowest BCUT2D eigenvalue weighted by Gasteiger charge is -2.23. The highest BCUT2D eigenvalue weighted by atomic mass is 32.2. The quantitative estimate of drug-likeness (QED) is 0.813. The molecule has 1 unspecified atom stereocenters. The predicted molar refractivity (Wildman–Crippen MR) is 73.0 cm³/mol. The number of carbonyl (C=O) groups is 1. The third-order valence-corrected chi connectivity index (χ3v) is 4.92. The van der Waals surface area contributed by atoms with Gasteiger partial charge in [-0.2, -0.15) is 0 Å². The van der Waals surface area contributed by atoms with Crippen molar-refractivity contribution in [2.75, 3.05) is 19.0 Å². The van der Waals surface area contributed by atoms with Gasteiger partial charge >= 0.3 is 0 Å². The number of anilines is 1. The van der Waals surface area contributed by atoms with Crippen LogP contribution in [0.2, 0.25) is 0 Å². The maximum atomic E-state index is 12.3. The lowest BCUT2D eigenvalue weighted by molar-refractivity contribution is -0.118. The molecule has 96 valence electrons. The van der Waals surface area contributed by atoms with Crippen molar-refractivity contribution in [2.45, 2.75) is 23.5 Å². The number of hydrogen-bond donors (Lipinski definition) is 2. The van der Waals surface area contributed by atoms with Crippen molar-refractivity contribution in [3.63, 3.8) is 0 Å². The minimum atomic E-state index is -0.659. The molecule has 0 aromatic heterocycles. The fourth-order valence-corrected chi connectivity index (χ4v) is 4.02. The molecule has 0 saturated carbocycles. The van der Waals surface area contributed by atoms with E-state index in [4.69, 9.17) is 4.74 Å². The molecule has 1 aromatic carbocycles. The molecule has 4 nitrogen and oxygen atoms in total. The van der Waals surface area contributed by atoms with Gasteiger partial charge in [0.2, 0.25) is 0 Å². The van der Waals surface area contributed by atoms with Crippen LogP contribution in [0.4, 0.5) is 5.69 Å². The van der Waals surface area contributed by atoms with Gasteiger partial charge in [-0.25, -0.2) is 0 Å². The van der Waals surface area contributed by atoms with Crippen LogP contribution in [0, 0.1) is 0 Å². The Morgan fingerprint density at radius 2 is 2.17 bits per heavy atom. The van der Waals surface area contributed by atoms with Gasteiger partial charge in [0.05, 0.1) is 7.11 Å². The summed E-state index contributed by atoms with van der Waals surface area (Å²) in [4.78, 5) is 11.6. The van der Waals surface area contributed by atoms with Gasteiger partial charge in [-0.05, 0) is 32.0 Å². The van der Waals surface area contributed by atoms with E-state index in [-0.39, 0.29) is 10.7 Å². The molecular formula is C13H16N2O2S. The van der Waals surface area contributed by atoms with Gasteiger partial charge in [0, 0.05) is 22.5 Å². The van der Waals surface area contributed by atoms with Gasteiger partial charge in [0.15, 0.2) is 4.87 Å². The molecule has 5 heteroatoms. The number of carbonyl (C=O) groups excluding carboxylic acids is 1. The zero-order chi connectivity index (χ0) is 13.0. The number of nitrogens with one attached hydrogen (secondary N) is 2. The van der Waals surface area contributed by atoms with Crippen LogP contribution in [-0.4, -0.2) is 24.3 Å². The molecule has 0 aliphatic carbocycles. The summed E-state index contributed by atoms with van der Waals surface area (Å²) in [6, 6.07) is 5.70. The standard InChI is InChI=1S/C13H16N2O2S/c1-12(2)7-14-13(18-12)9-6-8(17-3)4-5-10(9)15-11(13)16/h4-6,14H,7H2,1-3H3,(H,15,16). The average molecular weight is 264 g/mol. The van der Waals surface area contributed by atoms with E-state index in [1.807, 2.05) is 18.2 Å². The van der Waals surface area contributed by atoms with Crippen molar-refractivity contribution >= 4 is 23.4 Å². The van der Waals surface area contributed by atoms with Crippen LogP contribution in [0.5, 0.6) is 5.75 Å². The summed E-state index contributed by atoms with van der Waals surface area (Å²) >= 11 is 1.67. The Balaban J connectivity index is 2.11. The average Bonchev–Trinajstić information content (AvgIpc) is 2.79. The van der Waals surface area contributed by atoms with Crippen LogP contribution in [0.1, 0.15) is 19.4 Å². The van der Waals surface area contributed by atoms with Crippen LogP contribution in [-0.2, 0) is 9.67 Å². The lowest BCUT2D eigenvalue weighted by atomic mass is 10.1. The molecule has 0 radical (unpaired) electrons. The first-order valence-corrected chi connectivity index (χ1v) is 6.74. The van der Waals surface area contributed by atoms with E-state index in [0.717, 1.165) is 23.5 Å². The number of methoxy groups -OCH3 is 1. The summed E-state index contributed by atoms with van der Waals surface area (Å²) in [5.74, 6) is 0.790. The third kappa shape index (κ3) is 1.54. The van der Waals surface area contributed by atoms with Crippen molar-refractivity contribution in [1.29, 1.82) is 0 Å². The molecular weight excluding hydrogens is 248 g/mol. The summed E-state index contributed by atoms with van der Waals surface area (Å²) in [5.41, 5.74) is 1.85. The van der Waals surface area contributed by atoms with Crippen LogP contribution in [0.25, 0.3) is 0 Å². The largest absolute Gasteiger partial charge is 0.497 e. The fraction of sp³-hybridized carbons (Fsp3) is 0.462. The van der Waals surface area contributed by atoms with E-state index < -0.39 is 4.87 Å². The number of benzene rings is 1. The van der Waals surface area contributed by atoms with Crippen molar-refractivity contribution in [2.24, 2.45) is 0 Å². The molecule has 2 N–H and O–H groups in total. The molecule has 1 amide bonds. The Labute approximate surface area is 110 Å². The summed E-state index contributed by atoms with van der Waals surface area (Å²) in [6.07, 6.45) is 0. The summed E-state index contributed by atoms with van der Waals surface area (Å²) in [6.45, 7) is 5.09. The normalized spacial score (nSPS) is 28.3. The minimum Gasteiger partial charge on any atom is -0.497 e. The van der Waals surface area contributed by atoms with Gasteiger partial charge in [0.25, 0.3) is 5.91 Å².